The van der Waals surface area contributed by atoms with E-state index in [1.807, 2.05) is 6.92 Å². The maximum absolute atomic E-state index is 11.5. The molecule has 1 saturated carbocycles. The molecule has 1 aliphatic carbocycles. The van der Waals surface area contributed by atoms with Gasteiger partial charge in [-0.05, 0) is 26.2 Å². The van der Waals surface area contributed by atoms with Gasteiger partial charge in [0.25, 0.3) is 0 Å². The summed E-state index contributed by atoms with van der Waals surface area (Å²) in [6.07, 6.45) is 3.05. The van der Waals surface area contributed by atoms with Crippen LogP contribution in [0.15, 0.2) is 0 Å². The van der Waals surface area contributed by atoms with Crippen molar-refractivity contribution in [2.24, 2.45) is 5.73 Å². The van der Waals surface area contributed by atoms with Gasteiger partial charge in [-0.15, -0.1) is 0 Å². The Morgan fingerprint density at radius 1 is 1.44 bits per heavy atom. The number of hydrogen-bond acceptors (Lipinski definition) is 3. The van der Waals surface area contributed by atoms with Crippen LogP contribution in [0.5, 0.6) is 0 Å². The Labute approximate surface area is 96.1 Å². The van der Waals surface area contributed by atoms with Gasteiger partial charge in [-0.1, -0.05) is 6.92 Å². The zero-order valence-corrected chi connectivity index (χ0v) is 10.0. The van der Waals surface area contributed by atoms with Crippen LogP contribution in [0.4, 0.5) is 0 Å². The Bertz CT molecular complexity index is 272. The van der Waals surface area contributed by atoms with E-state index in [0.29, 0.717) is 25.4 Å². The zero-order valence-electron chi connectivity index (χ0n) is 10.0. The van der Waals surface area contributed by atoms with E-state index in [0.717, 1.165) is 12.8 Å². The van der Waals surface area contributed by atoms with Gasteiger partial charge >= 0.3 is 0 Å². The van der Waals surface area contributed by atoms with E-state index in [9.17, 15) is 9.59 Å². The van der Waals surface area contributed by atoms with Crippen molar-refractivity contribution in [2.45, 2.75) is 51.1 Å². The van der Waals surface area contributed by atoms with Crippen LogP contribution in [0.1, 0.15) is 39.5 Å². The maximum Gasteiger partial charge on any atom is 0.239 e. The normalized spacial score (nSPS) is 18.7. The quantitative estimate of drug-likeness (QED) is 0.592. The predicted octanol–water partition coefficient (Wildman–Crippen LogP) is -0.101. The minimum Gasteiger partial charge on any atom is -0.354 e. The second-order valence-corrected chi connectivity index (χ2v) is 4.62. The van der Waals surface area contributed by atoms with E-state index >= 15 is 0 Å². The lowest BCUT2D eigenvalue weighted by Crippen LogP contribution is -2.51. The van der Waals surface area contributed by atoms with E-state index in [2.05, 4.69) is 10.6 Å². The highest BCUT2D eigenvalue weighted by Crippen LogP contribution is 2.18. The van der Waals surface area contributed by atoms with Crippen molar-refractivity contribution < 1.29 is 9.59 Å². The van der Waals surface area contributed by atoms with Gasteiger partial charge < -0.3 is 16.4 Å². The minimum absolute atomic E-state index is 0.00183. The molecule has 1 unspecified atom stereocenters. The lowest BCUT2D eigenvalue weighted by molar-refractivity contribution is -0.126. The summed E-state index contributed by atoms with van der Waals surface area (Å²) in [5.41, 5.74) is 4.91. The zero-order chi connectivity index (χ0) is 12.2. The number of rotatable bonds is 6. The third-order valence-electron chi connectivity index (χ3n) is 2.83. The largest absolute Gasteiger partial charge is 0.354 e. The van der Waals surface area contributed by atoms with Crippen molar-refractivity contribution in [3.8, 4) is 0 Å². The molecule has 0 aromatic carbocycles. The summed E-state index contributed by atoms with van der Waals surface area (Å²) in [5, 5.41) is 5.53. The molecule has 2 amide bonds. The Kier molecular flexibility index (Phi) is 4.29. The monoisotopic (exact) mass is 227 g/mol. The van der Waals surface area contributed by atoms with Gasteiger partial charge in [0, 0.05) is 19.0 Å². The Balaban J connectivity index is 2.14. The van der Waals surface area contributed by atoms with Gasteiger partial charge in [0.1, 0.15) is 0 Å². The van der Waals surface area contributed by atoms with Crippen LogP contribution in [-0.2, 0) is 9.59 Å². The van der Waals surface area contributed by atoms with E-state index in [1.54, 1.807) is 6.92 Å². The van der Waals surface area contributed by atoms with Crippen LogP contribution in [0.25, 0.3) is 0 Å². The smallest absolute Gasteiger partial charge is 0.239 e. The van der Waals surface area contributed by atoms with Gasteiger partial charge in [0.15, 0.2) is 0 Å². The topological polar surface area (TPSA) is 84.2 Å². The fourth-order valence-corrected chi connectivity index (χ4v) is 1.18. The van der Waals surface area contributed by atoms with Gasteiger partial charge in [-0.3, -0.25) is 9.59 Å². The highest BCUT2D eigenvalue weighted by molar-refractivity contribution is 5.86. The van der Waals surface area contributed by atoms with E-state index < -0.39 is 5.54 Å². The minimum atomic E-state index is -0.840. The molecule has 0 radical (unpaired) electrons. The van der Waals surface area contributed by atoms with Crippen molar-refractivity contribution >= 4 is 11.8 Å². The summed E-state index contributed by atoms with van der Waals surface area (Å²) in [4.78, 5) is 22.8. The molecule has 0 aromatic rings. The lowest BCUT2D eigenvalue weighted by atomic mass is 10.00. The molecule has 0 bridgehead atoms. The Morgan fingerprint density at radius 2 is 2.06 bits per heavy atom. The molecule has 0 aromatic heterocycles. The van der Waals surface area contributed by atoms with Gasteiger partial charge in [0.05, 0.1) is 5.54 Å². The number of carbonyl (C=O) groups excluding carboxylic acids is 2. The highest BCUT2D eigenvalue weighted by atomic mass is 16.2. The summed E-state index contributed by atoms with van der Waals surface area (Å²) < 4.78 is 0. The van der Waals surface area contributed by atoms with Crippen LogP contribution in [0, 0.1) is 0 Å². The van der Waals surface area contributed by atoms with Gasteiger partial charge in [0.2, 0.25) is 11.8 Å². The number of amides is 2. The van der Waals surface area contributed by atoms with Crippen molar-refractivity contribution in [3.63, 3.8) is 0 Å². The average molecular weight is 227 g/mol. The first-order valence-electron chi connectivity index (χ1n) is 5.82. The van der Waals surface area contributed by atoms with Gasteiger partial charge in [-0.25, -0.2) is 0 Å². The summed E-state index contributed by atoms with van der Waals surface area (Å²) in [5.74, 6) is -0.202. The molecule has 16 heavy (non-hydrogen) atoms. The highest BCUT2D eigenvalue weighted by Gasteiger charge is 2.26. The number of nitrogens with two attached hydrogens (primary N) is 1. The van der Waals surface area contributed by atoms with Crippen LogP contribution in [0.2, 0.25) is 0 Å². The van der Waals surface area contributed by atoms with Crippen LogP contribution in [-0.4, -0.2) is 29.9 Å². The summed E-state index contributed by atoms with van der Waals surface area (Å²) in [7, 11) is 0. The molecule has 1 fully saturated rings. The second-order valence-electron chi connectivity index (χ2n) is 4.62. The van der Waals surface area contributed by atoms with E-state index in [4.69, 9.17) is 5.73 Å². The molecule has 92 valence electrons. The predicted molar refractivity (Wildman–Crippen MR) is 61.7 cm³/mol. The maximum atomic E-state index is 11.5. The third-order valence-corrected chi connectivity index (χ3v) is 2.83. The van der Waals surface area contributed by atoms with Crippen molar-refractivity contribution in [2.75, 3.05) is 6.54 Å². The molecule has 1 atom stereocenters. The number of nitrogens with one attached hydrogen (secondary N) is 2. The molecular formula is C11H21N3O2. The first-order valence-corrected chi connectivity index (χ1v) is 5.82. The summed E-state index contributed by atoms with van der Waals surface area (Å²) >= 11 is 0. The van der Waals surface area contributed by atoms with Crippen molar-refractivity contribution in [1.29, 1.82) is 0 Å². The third kappa shape index (κ3) is 4.18. The van der Waals surface area contributed by atoms with Crippen LogP contribution in [0.3, 0.4) is 0 Å². The average Bonchev–Trinajstić information content (AvgIpc) is 3.01. The molecule has 1 rings (SSSR count). The fourth-order valence-electron chi connectivity index (χ4n) is 1.18. The lowest BCUT2D eigenvalue weighted by Gasteiger charge is -2.21. The molecule has 0 aliphatic heterocycles. The summed E-state index contributed by atoms with van der Waals surface area (Å²) in [6, 6.07) is 0.374. The first-order chi connectivity index (χ1) is 7.45. The molecule has 5 heteroatoms. The second kappa shape index (κ2) is 5.30. The Hall–Kier alpha value is -1.10. The summed E-state index contributed by atoms with van der Waals surface area (Å²) in [6.45, 7) is 3.90. The SMILES string of the molecule is CCC(C)(N)C(=O)NCCC(=O)NC1CC1. The number of hydrogen-bond donors (Lipinski definition) is 3. The molecular weight excluding hydrogens is 206 g/mol. The van der Waals surface area contributed by atoms with Crippen LogP contribution >= 0.6 is 0 Å². The van der Waals surface area contributed by atoms with E-state index in [1.165, 1.54) is 0 Å². The van der Waals surface area contributed by atoms with E-state index in [-0.39, 0.29) is 11.8 Å². The van der Waals surface area contributed by atoms with Crippen molar-refractivity contribution in [3.05, 3.63) is 0 Å². The standard InChI is InChI=1S/C11H21N3O2/c1-3-11(2,12)10(16)13-7-6-9(15)14-8-4-5-8/h8H,3-7,12H2,1-2H3,(H,13,16)(H,14,15). The number of carbonyl (C=O) groups is 2. The molecule has 4 N–H and O–H groups in total. The first kappa shape index (κ1) is 13.0. The fraction of sp³-hybridized carbons (Fsp3) is 0.818. The van der Waals surface area contributed by atoms with Crippen LogP contribution < -0.4 is 16.4 Å². The molecule has 0 spiro atoms. The Morgan fingerprint density at radius 3 is 2.56 bits per heavy atom. The van der Waals surface area contributed by atoms with Crippen molar-refractivity contribution in [1.82, 2.24) is 10.6 Å². The van der Waals surface area contributed by atoms with Gasteiger partial charge in [-0.2, -0.15) is 0 Å². The molecule has 1 aliphatic rings. The molecule has 0 heterocycles. The molecule has 0 saturated heterocycles. The molecule has 5 nitrogen and oxygen atoms in total.